The van der Waals surface area contributed by atoms with Crippen LogP contribution in [-0.4, -0.2) is 40.4 Å². The molecule has 6 rings (SSSR count). The van der Waals surface area contributed by atoms with Crippen LogP contribution in [0.1, 0.15) is 70.3 Å². The number of aliphatic imine (C=N–C) groups is 1. The molecule has 1 heterocycles. The van der Waals surface area contributed by atoms with E-state index in [0.29, 0.717) is 12.3 Å². The SMILES string of the molecule is CC(C)c1ccc(NC(=O)CC2CS/C(=N\C34CC5CC(CC(C5)C3)C4)N2C)cc1.Cl. The van der Waals surface area contributed by atoms with Crippen LogP contribution in [0, 0.1) is 17.8 Å². The minimum absolute atomic E-state index is 0. The van der Waals surface area contributed by atoms with Gasteiger partial charge in [0, 0.05) is 31.0 Å². The van der Waals surface area contributed by atoms with E-state index in [2.05, 4.69) is 43.2 Å². The topological polar surface area (TPSA) is 44.7 Å². The molecule has 1 aromatic rings. The minimum Gasteiger partial charge on any atom is -0.350 e. The summed E-state index contributed by atoms with van der Waals surface area (Å²) in [6.07, 6.45) is 8.78. The maximum Gasteiger partial charge on any atom is 0.226 e. The zero-order chi connectivity index (χ0) is 20.9. The molecular weight excluding hydrogens is 426 g/mol. The Morgan fingerprint density at radius 3 is 2.26 bits per heavy atom. The fourth-order valence-electron chi connectivity index (χ4n) is 6.63. The second-order valence-electron chi connectivity index (χ2n) is 10.6. The summed E-state index contributed by atoms with van der Waals surface area (Å²) >= 11 is 1.86. The minimum atomic E-state index is 0. The summed E-state index contributed by atoms with van der Waals surface area (Å²) < 4.78 is 0. The Bertz CT molecular complexity index is 802. The summed E-state index contributed by atoms with van der Waals surface area (Å²) in [5, 5.41) is 4.26. The molecule has 5 fully saturated rings. The molecule has 1 aromatic carbocycles. The van der Waals surface area contributed by atoms with Gasteiger partial charge in [-0.25, -0.2) is 0 Å². The normalized spacial score (nSPS) is 35.0. The molecule has 1 amide bonds. The molecule has 31 heavy (non-hydrogen) atoms. The molecule has 1 aliphatic heterocycles. The summed E-state index contributed by atoms with van der Waals surface area (Å²) in [6.45, 7) is 4.37. The third kappa shape index (κ3) is 4.78. The van der Waals surface area contributed by atoms with Crippen LogP contribution in [0.2, 0.25) is 0 Å². The zero-order valence-electron chi connectivity index (χ0n) is 19.0. The third-order valence-electron chi connectivity index (χ3n) is 7.88. The van der Waals surface area contributed by atoms with E-state index in [1.165, 1.54) is 49.3 Å². The maximum atomic E-state index is 12.7. The summed E-state index contributed by atoms with van der Waals surface area (Å²) in [5.41, 5.74) is 2.39. The average molecular weight is 462 g/mol. The molecule has 1 unspecified atom stereocenters. The number of amidine groups is 1. The first kappa shape index (κ1) is 23.0. The zero-order valence-corrected chi connectivity index (χ0v) is 20.6. The lowest BCUT2D eigenvalue weighted by Gasteiger charge is -2.55. The lowest BCUT2D eigenvalue weighted by Crippen LogP contribution is -2.50. The second-order valence-corrected chi connectivity index (χ2v) is 11.6. The number of nitrogens with zero attached hydrogens (tertiary/aromatic N) is 2. The standard InChI is InChI=1S/C25H35N3OS.ClH/c1-16(2)20-4-6-21(7-5-20)26-23(29)11-22-15-30-24(28(22)3)27-25-12-17-8-18(13-25)10-19(9-17)14-25;/h4-7,16-19,22H,8-15H2,1-3H3,(H,26,29);1H/b27-24-;. The van der Waals surface area contributed by atoms with Crippen molar-refractivity contribution in [3.05, 3.63) is 29.8 Å². The first-order valence-electron chi connectivity index (χ1n) is 11.7. The second kappa shape index (κ2) is 8.97. The fraction of sp³-hybridized carbons (Fsp3) is 0.680. The molecule has 1 atom stereocenters. The van der Waals surface area contributed by atoms with Gasteiger partial charge in [0.05, 0.1) is 5.54 Å². The number of benzene rings is 1. The van der Waals surface area contributed by atoms with E-state index >= 15 is 0 Å². The lowest BCUT2D eigenvalue weighted by molar-refractivity contribution is -0.116. The first-order valence-corrected chi connectivity index (χ1v) is 12.7. The van der Waals surface area contributed by atoms with Gasteiger partial charge in [-0.3, -0.25) is 9.79 Å². The van der Waals surface area contributed by atoms with Crippen LogP contribution in [0.15, 0.2) is 29.3 Å². The van der Waals surface area contributed by atoms with Gasteiger partial charge in [-0.05, 0) is 79.9 Å². The van der Waals surface area contributed by atoms with Gasteiger partial charge in [0.25, 0.3) is 0 Å². The van der Waals surface area contributed by atoms with Gasteiger partial charge in [0.15, 0.2) is 5.17 Å². The van der Waals surface area contributed by atoms with Crippen molar-refractivity contribution in [1.29, 1.82) is 0 Å². The molecule has 4 aliphatic carbocycles. The van der Waals surface area contributed by atoms with Crippen molar-refractivity contribution in [2.45, 2.75) is 76.3 Å². The van der Waals surface area contributed by atoms with Gasteiger partial charge in [0.2, 0.25) is 5.91 Å². The van der Waals surface area contributed by atoms with E-state index in [9.17, 15) is 4.79 Å². The van der Waals surface area contributed by atoms with E-state index in [4.69, 9.17) is 4.99 Å². The number of anilines is 1. The highest BCUT2D eigenvalue weighted by Gasteiger charge is 2.51. The van der Waals surface area contributed by atoms with Crippen LogP contribution in [0.25, 0.3) is 0 Å². The van der Waals surface area contributed by atoms with Gasteiger partial charge in [-0.1, -0.05) is 37.7 Å². The van der Waals surface area contributed by atoms with E-state index < -0.39 is 0 Å². The van der Waals surface area contributed by atoms with Crippen molar-refractivity contribution >= 4 is 40.9 Å². The average Bonchev–Trinajstić information content (AvgIpc) is 3.00. The van der Waals surface area contributed by atoms with Crippen LogP contribution >= 0.6 is 24.2 Å². The molecule has 5 aliphatic rings. The smallest absolute Gasteiger partial charge is 0.226 e. The Balaban J connectivity index is 0.00000231. The number of thioether (sulfide) groups is 1. The Hall–Kier alpha value is -1.20. The number of halogens is 1. The predicted molar refractivity (Wildman–Crippen MR) is 133 cm³/mol. The number of hydrogen-bond donors (Lipinski definition) is 1. The van der Waals surface area contributed by atoms with E-state index in [-0.39, 0.29) is 29.9 Å². The molecule has 4 nitrogen and oxygen atoms in total. The predicted octanol–water partition coefficient (Wildman–Crippen LogP) is 5.93. The Morgan fingerprint density at radius 1 is 1.13 bits per heavy atom. The molecule has 6 heteroatoms. The van der Waals surface area contributed by atoms with Gasteiger partial charge < -0.3 is 10.2 Å². The third-order valence-corrected chi connectivity index (χ3v) is 9.06. The van der Waals surface area contributed by atoms with E-state index in [1.807, 2.05) is 23.9 Å². The maximum absolute atomic E-state index is 12.7. The van der Waals surface area contributed by atoms with Gasteiger partial charge in [0.1, 0.15) is 0 Å². The molecule has 1 saturated heterocycles. The molecule has 4 saturated carbocycles. The molecule has 0 spiro atoms. The Labute approximate surface area is 197 Å². The summed E-state index contributed by atoms with van der Waals surface area (Å²) in [4.78, 5) is 20.3. The monoisotopic (exact) mass is 461 g/mol. The number of amides is 1. The van der Waals surface area contributed by atoms with Crippen LogP contribution in [0.4, 0.5) is 5.69 Å². The Kier molecular flexibility index (Phi) is 6.65. The summed E-state index contributed by atoms with van der Waals surface area (Å²) in [6, 6.07) is 8.47. The lowest BCUT2D eigenvalue weighted by atomic mass is 9.53. The fourth-order valence-corrected chi connectivity index (χ4v) is 7.92. The summed E-state index contributed by atoms with van der Waals surface area (Å²) in [7, 11) is 2.13. The van der Waals surface area contributed by atoms with Crippen LogP contribution in [0.5, 0.6) is 0 Å². The number of nitrogens with one attached hydrogen (secondary N) is 1. The number of rotatable bonds is 5. The highest BCUT2D eigenvalue weighted by atomic mass is 35.5. The van der Waals surface area contributed by atoms with Crippen LogP contribution < -0.4 is 5.32 Å². The largest absolute Gasteiger partial charge is 0.350 e. The van der Waals surface area contributed by atoms with Crippen molar-refractivity contribution in [1.82, 2.24) is 4.90 Å². The highest BCUT2D eigenvalue weighted by Crippen LogP contribution is 2.57. The van der Waals surface area contributed by atoms with Gasteiger partial charge in [-0.15, -0.1) is 12.4 Å². The number of carbonyl (C=O) groups is 1. The first-order chi connectivity index (χ1) is 14.4. The molecule has 0 aromatic heterocycles. The van der Waals surface area contributed by atoms with E-state index in [0.717, 1.165) is 29.2 Å². The van der Waals surface area contributed by atoms with Crippen molar-refractivity contribution in [3.63, 3.8) is 0 Å². The van der Waals surface area contributed by atoms with Crippen molar-refractivity contribution in [2.75, 3.05) is 18.1 Å². The molecular formula is C25H36ClN3OS. The van der Waals surface area contributed by atoms with Gasteiger partial charge >= 0.3 is 0 Å². The molecule has 4 bridgehead atoms. The Morgan fingerprint density at radius 2 is 1.71 bits per heavy atom. The molecule has 170 valence electrons. The van der Waals surface area contributed by atoms with Crippen molar-refractivity contribution < 1.29 is 4.79 Å². The quantitative estimate of drug-likeness (QED) is 0.590. The van der Waals surface area contributed by atoms with Crippen molar-refractivity contribution in [2.24, 2.45) is 22.7 Å². The number of hydrogen-bond acceptors (Lipinski definition) is 3. The van der Waals surface area contributed by atoms with Gasteiger partial charge in [-0.2, -0.15) is 0 Å². The highest BCUT2D eigenvalue weighted by molar-refractivity contribution is 8.14. The van der Waals surface area contributed by atoms with Crippen LogP contribution in [0.3, 0.4) is 0 Å². The van der Waals surface area contributed by atoms with E-state index in [1.54, 1.807) is 0 Å². The van der Waals surface area contributed by atoms with Crippen LogP contribution in [-0.2, 0) is 4.79 Å². The van der Waals surface area contributed by atoms with Crippen molar-refractivity contribution in [3.8, 4) is 0 Å². The molecule has 0 radical (unpaired) electrons. The summed E-state index contributed by atoms with van der Waals surface area (Å²) in [5.74, 6) is 4.32. The molecule has 1 N–H and O–H groups in total. The number of carbonyl (C=O) groups excluding carboxylic acids is 1.